The normalized spacial score (nSPS) is 10.4. The molecule has 0 unspecified atom stereocenters. The Labute approximate surface area is 91.3 Å². The van der Waals surface area contributed by atoms with Gasteiger partial charge in [-0.05, 0) is 27.4 Å². The standard InChI is InChI=1S/C8H4BrNO3S/c9-4-1-2-14-6(4)7-10-5(3-13-7)8(11)12/h1-3H,(H,11,12). The van der Waals surface area contributed by atoms with Gasteiger partial charge in [0, 0.05) is 4.47 Å². The summed E-state index contributed by atoms with van der Waals surface area (Å²) >= 11 is 4.74. The third-order valence-corrected chi connectivity index (χ3v) is 3.36. The fourth-order valence-corrected chi connectivity index (χ4v) is 2.40. The molecule has 0 amide bonds. The molecule has 2 heterocycles. The first-order valence-corrected chi connectivity index (χ1v) is 5.28. The number of nitrogens with zero attached hydrogens (tertiary/aromatic N) is 1. The number of carboxylic acid groups (broad SMARTS) is 1. The van der Waals surface area contributed by atoms with Crippen molar-refractivity contribution >= 4 is 33.2 Å². The van der Waals surface area contributed by atoms with E-state index in [0.717, 1.165) is 15.6 Å². The van der Waals surface area contributed by atoms with Crippen LogP contribution in [0.15, 0.2) is 26.6 Å². The maximum atomic E-state index is 10.5. The number of halogens is 1. The van der Waals surface area contributed by atoms with E-state index in [2.05, 4.69) is 20.9 Å². The molecule has 2 aromatic rings. The molecule has 0 aliphatic heterocycles. The van der Waals surface area contributed by atoms with E-state index in [1.807, 2.05) is 11.4 Å². The number of aromatic carboxylic acids is 1. The highest BCUT2D eigenvalue weighted by molar-refractivity contribution is 9.10. The third kappa shape index (κ3) is 1.58. The van der Waals surface area contributed by atoms with E-state index in [0.29, 0.717) is 5.89 Å². The Bertz CT molecular complexity index is 476. The van der Waals surface area contributed by atoms with Crippen LogP contribution < -0.4 is 0 Å². The van der Waals surface area contributed by atoms with E-state index in [1.54, 1.807) is 0 Å². The second kappa shape index (κ2) is 3.55. The van der Waals surface area contributed by atoms with Crippen LogP contribution in [0.3, 0.4) is 0 Å². The highest BCUT2D eigenvalue weighted by Crippen LogP contribution is 2.32. The fourth-order valence-electron chi connectivity index (χ4n) is 0.923. The van der Waals surface area contributed by atoms with Gasteiger partial charge < -0.3 is 9.52 Å². The van der Waals surface area contributed by atoms with Gasteiger partial charge in [-0.3, -0.25) is 0 Å². The topological polar surface area (TPSA) is 63.3 Å². The number of rotatable bonds is 2. The van der Waals surface area contributed by atoms with Crippen molar-refractivity contribution < 1.29 is 14.3 Å². The maximum absolute atomic E-state index is 10.5. The predicted octanol–water partition coefficient (Wildman–Crippen LogP) is 2.86. The highest BCUT2D eigenvalue weighted by Gasteiger charge is 2.14. The zero-order chi connectivity index (χ0) is 10.1. The minimum absolute atomic E-state index is 0.0831. The molecule has 0 radical (unpaired) electrons. The Kier molecular flexibility index (Phi) is 2.39. The van der Waals surface area contributed by atoms with Crippen LogP contribution in [0.4, 0.5) is 0 Å². The summed E-state index contributed by atoms with van der Waals surface area (Å²) in [6.07, 6.45) is 1.13. The van der Waals surface area contributed by atoms with Gasteiger partial charge in [-0.2, -0.15) is 0 Å². The zero-order valence-corrected chi connectivity index (χ0v) is 9.13. The van der Waals surface area contributed by atoms with Gasteiger partial charge in [-0.15, -0.1) is 11.3 Å². The quantitative estimate of drug-likeness (QED) is 0.914. The van der Waals surface area contributed by atoms with Gasteiger partial charge in [0.1, 0.15) is 11.1 Å². The fraction of sp³-hybridized carbons (Fsp3) is 0. The van der Waals surface area contributed by atoms with Crippen LogP contribution in [0.1, 0.15) is 10.5 Å². The Hall–Kier alpha value is -1.14. The van der Waals surface area contributed by atoms with Gasteiger partial charge in [-0.1, -0.05) is 0 Å². The van der Waals surface area contributed by atoms with E-state index in [-0.39, 0.29) is 5.69 Å². The first kappa shape index (κ1) is 9.42. The highest BCUT2D eigenvalue weighted by atomic mass is 79.9. The third-order valence-electron chi connectivity index (χ3n) is 1.53. The first-order chi connectivity index (χ1) is 6.68. The summed E-state index contributed by atoms with van der Waals surface area (Å²) in [5.41, 5.74) is -0.0831. The van der Waals surface area contributed by atoms with Crippen LogP contribution in [0.2, 0.25) is 0 Å². The molecule has 0 bridgehead atoms. The van der Waals surface area contributed by atoms with Crippen molar-refractivity contribution in [3.8, 4) is 10.8 Å². The molecular formula is C8H4BrNO3S. The Morgan fingerprint density at radius 2 is 2.43 bits per heavy atom. The number of aromatic nitrogens is 1. The molecule has 0 atom stereocenters. The van der Waals surface area contributed by atoms with Crippen molar-refractivity contribution in [1.82, 2.24) is 4.98 Å². The van der Waals surface area contributed by atoms with E-state index in [1.165, 1.54) is 11.3 Å². The Morgan fingerprint density at radius 3 is 2.93 bits per heavy atom. The molecular weight excluding hydrogens is 270 g/mol. The van der Waals surface area contributed by atoms with Crippen LogP contribution in [0, 0.1) is 0 Å². The summed E-state index contributed by atoms with van der Waals surface area (Å²) in [6, 6.07) is 1.85. The molecule has 6 heteroatoms. The van der Waals surface area contributed by atoms with Gasteiger partial charge >= 0.3 is 5.97 Å². The molecule has 0 spiro atoms. The van der Waals surface area contributed by atoms with Gasteiger partial charge in [0.25, 0.3) is 0 Å². The molecule has 0 fully saturated rings. The summed E-state index contributed by atoms with van der Waals surface area (Å²) in [4.78, 5) is 15.2. The maximum Gasteiger partial charge on any atom is 0.357 e. The van der Waals surface area contributed by atoms with Crippen LogP contribution in [-0.2, 0) is 0 Å². The number of hydrogen-bond acceptors (Lipinski definition) is 4. The molecule has 0 aliphatic rings. The van der Waals surface area contributed by atoms with E-state index in [4.69, 9.17) is 9.52 Å². The SMILES string of the molecule is O=C(O)c1coc(-c2sccc2Br)n1. The lowest BCUT2D eigenvalue weighted by atomic mass is 10.4. The van der Waals surface area contributed by atoms with Crippen molar-refractivity contribution in [3.05, 3.63) is 27.9 Å². The van der Waals surface area contributed by atoms with Crippen LogP contribution >= 0.6 is 27.3 Å². The summed E-state index contributed by atoms with van der Waals surface area (Å²) in [5.74, 6) is -0.767. The van der Waals surface area contributed by atoms with Crippen LogP contribution in [0.5, 0.6) is 0 Å². The smallest absolute Gasteiger partial charge is 0.357 e. The molecule has 2 rings (SSSR count). The van der Waals surface area contributed by atoms with Crippen LogP contribution in [0.25, 0.3) is 10.8 Å². The second-order valence-electron chi connectivity index (χ2n) is 2.44. The molecule has 1 N–H and O–H groups in total. The van der Waals surface area contributed by atoms with Crippen molar-refractivity contribution in [2.45, 2.75) is 0 Å². The average Bonchev–Trinajstić information content (AvgIpc) is 2.71. The van der Waals surface area contributed by atoms with Crippen LogP contribution in [-0.4, -0.2) is 16.1 Å². The number of oxazole rings is 1. The Morgan fingerprint density at radius 1 is 1.64 bits per heavy atom. The molecule has 72 valence electrons. The lowest BCUT2D eigenvalue weighted by Crippen LogP contribution is -1.95. The monoisotopic (exact) mass is 273 g/mol. The number of thiophene rings is 1. The van der Waals surface area contributed by atoms with Gasteiger partial charge in [-0.25, -0.2) is 9.78 Å². The second-order valence-corrected chi connectivity index (χ2v) is 4.21. The van der Waals surface area contributed by atoms with Crippen molar-refractivity contribution in [2.24, 2.45) is 0 Å². The molecule has 0 saturated heterocycles. The van der Waals surface area contributed by atoms with Crippen molar-refractivity contribution in [1.29, 1.82) is 0 Å². The summed E-state index contributed by atoms with van der Waals surface area (Å²) in [7, 11) is 0. The molecule has 14 heavy (non-hydrogen) atoms. The molecule has 0 aliphatic carbocycles. The van der Waals surface area contributed by atoms with Gasteiger partial charge in [0.15, 0.2) is 5.69 Å². The average molecular weight is 274 g/mol. The minimum Gasteiger partial charge on any atom is -0.476 e. The summed E-state index contributed by atoms with van der Waals surface area (Å²) in [5, 5.41) is 10.5. The molecule has 4 nitrogen and oxygen atoms in total. The van der Waals surface area contributed by atoms with E-state index < -0.39 is 5.97 Å². The number of carboxylic acids is 1. The molecule has 0 saturated carbocycles. The lowest BCUT2D eigenvalue weighted by Gasteiger charge is -1.88. The van der Waals surface area contributed by atoms with E-state index >= 15 is 0 Å². The van der Waals surface area contributed by atoms with Gasteiger partial charge in [0.2, 0.25) is 5.89 Å². The summed E-state index contributed by atoms with van der Waals surface area (Å²) in [6.45, 7) is 0. The summed E-state index contributed by atoms with van der Waals surface area (Å²) < 4.78 is 5.89. The Balaban J connectivity index is 2.43. The van der Waals surface area contributed by atoms with Crippen molar-refractivity contribution in [2.75, 3.05) is 0 Å². The van der Waals surface area contributed by atoms with Crippen molar-refractivity contribution in [3.63, 3.8) is 0 Å². The van der Waals surface area contributed by atoms with E-state index in [9.17, 15) is 4.79 Å². The number of carbonyl (C=O) groups is 1. The first-order valence-electron chi connectivity index (χ1n) is 3.60. The lowest BCUT2D eigenvalue weighted by molar-refractivity contribution is 0.0690. The predicted molar refractivity (Wildman–Crippen MR) is 54.5 cm³/mol. The number of hydrogen-bond donors (Lipinski definition) is 1. The van der Waals surface area contributed by atoms with Gasteiger partial charge in [0.05, 0.1) is 0 Å². The molecule has 2 aromatic heterocycles. The largest absolute Gasteiger partial charge is 0.476 e. The zero-order valence-electron chi connectivity index (χ0n) is 6.73. The minimum atomic E-state index is -1.09. The molecule has 0 aromatic carbocycles.